The summed E-state index contributed by atoms with van der Waals surface area (Å²) in [7, 11) is 4.39. The molecule has 0 bridgehead atoms. The molecule has 3 aromatic rings. The van der Waals surface area contributed by atoms with Crippen molar-refractivity contribution < 1.29 is 67.9 Å². The third-order valence-electron chi connectivity index (χ3n) is 8.88. The third-order valence-corrected chi connectivity index (χ3v) is 8.88. The van der Waals surface area contributed by atoms with Crippen LogP contribution in [0.4, 0.5) is 0 Å². The number of hydrogen-bond donors (Lipinski definition) is 4. The third kappa shape index (κ3) is 6.93. The highest BCUT2D eigenvalue weighted by Gasteiger charge is 2.51. The van der Waals surface area contributed by atoms with Gasteiger partial charge in [-0.25, -0.2) is 4.79 Å². The van der Waals surface area contributed by atoms with Crippen LogP contribution in [0.2, 0.25) is 0 Å². The van der Waals surface area contributed by atoms with Crippen molar-refractivity contribution in [3.05, 3.63) is 70.8 Å². The quantitative estimate of drug-likeness (QED) is 0.193. The fraction of sp³-hybridized carbons (Fsp3) is 0.457. The van der Waals surface area contributed by atoms with E-state index >= 15 is 0 Å². The SMILES string of the molecule is COc1cc(C(=O)OCC2OC(Oc3ccc(C4Oc5c(OC)cc(CCCO)cc5C4CO)cc3OC)C(O)C3OCOC23)ccc1O. The zero-order chi connectivity index (χ0) is 34.7. The van der Waals surface area contributed by atoms with Crippen molar-refractivity contribution in [3.8, 4) is 34.5 Å². The fourth-order valence-corrected chi connectivity index (χ4v) is 6.37. The van der Waals surface area contributed by atoms with Crippen LogP contribution in [-0.4, -0.2) is 105 Å². The van der Waals surface area contributed by atoms with Gasteiger partial charge < -0.3 is 63.1 Å². The molecule has 0 aliphatic carbocycles. The number of aryl methyl sites for hydroxylation is 1. The molecular formula is C35H40O14. The summed E-state index contributed by atoms with van der Waals surface area (Å²) in [6.07, 6.45) is -4.26. The van der Waals surface area contributed by atoms with Crippen LogP contribution in [0, 0.1) is 0 Å². The Morgan fingerprint density at radius 2 is 1.67 bits per heavy atom. The van der Waals surface area contributed by atoms with Crippen molar-refractivity contribution in [2.75, 3.05) is 47.9 Å². The van der Waals surface area contributed by atoms with E-state index in [9.17, 15) is 25.2 Å². The Hall–Kier alpha value is -4.31. The number of aromatic hydroxyl groups is 1. The molecule has 3 aliphatic heterocycles. The van der Waals surface area contributed by atoms with Crippen LogP contribution >= 0.6 is 0 Å². The summed E-state index contributed by atoms with van der Waals surface area (Å²) >= 11 is 0. The first-order chi connectivity index (χ1) is 23.8. The molecule has 3 aliphatic rings. The summed E-state index contributed by atoms with van der Waals surface area (Å²) in [5.41, 5.74) is 2.63. The van der Waals surface area contributed by atoms with Gasteiger partial charge in [-0.15, -0.1) is 0 Å². The number of fused-ring (bicyclic) bond motifs is 2. The van der Waals surface area contributed by atoms with Gasteiger partial charge in [0.1, 0.15) is 43.9 Å². The van der Waals surface area contributed by atoms with E-state index < -0.39 is 48.7 Å². The number of phenols is 1. The number of benzene rings is 3. The Morgan fingerprint density at radius 1 is 0.898 bits per heavy atom. The summed E-state index contributed by atoms with van der Waals surface area (Å²) in [4.78, 5) is 12.8. The Bertz CT molecular complexity index is 1630. The molecule has 7 atom stereocenters. The molecule has 6 rings (SSSR count). The largest absolute Gasteiger partial charge is 0.504 e. The number of ether oxygens (including phenoxy) is 9. The highest BCUT2D eigenvalue weighted by atomic mass is 16.8. The number of rotatable bonds is 13. The summed E-state index contributed by atoms with van der Waals surface area (Å²) in [5, 5.41) is 40.7. The van der Waals surface area contributed by atoms with E-state index in [0.717, 1.165) is 11.1 Å². The van der Waals surface area contributed by atoms with Gasteiger partial charge in [0.05, 0.1) is 39.4 Å². The molecule has 0 saturated carbocycles. The molecule has 0 aromatic heterocycles. The van der Waals surface area contributed by atoms with Gasteiger partial charge in [-0.2, -0.15) is 0 Å². The van der Waals surface area contributed by atoms with Gasteiger partial charge in [-0.3, -0.25) is 0 Å². The van der Waals surface area contributed by atoms with Crippen molar-refractivity contribution in [2.45, 2.75) is 55.6 Å². The number of methoxy groups -OCH3 is 3. The zero-order valence-corrected chi connectivity index (χ0v) is 27.3. The second-order valence-corrected chi connectivity index (χ2v) is 11.8. The van der Waals surface area contributed by atoms with Gasteiger partial charge in [-0.05, 0) is 60.4 Å². The molecule has 14 heteroatoms. The normalized spacial score (nSPS) is 25.6. The van der Waals surface area contributed by atoms with E-state index in [1.54, 1.807) is 25.3 Å². The minimum atomic E-state index is -1.26. The minimum Gasteiger partial charge on any atom is -0.504 e. The van der Waals surface area contributed by atoms with E-state index in [2.05, 4.69) is 0 Å². The number of carbonyl (C=O) groups is 1. The van der Waals surface area contributed by atoms with Gasteiger partial charge in [0.15, 0.2) is 34.5 Å². The van der Waals surface area contributed by atoms with E-state index in [1.165, 1.54) is 32.4 Å². The van der Waals surface area contributed by atoms with Gasteiger partial charge in [-0.1, -0.05) is 12.1 Å². The molecule has 3 heterocycles. The second kappa shape index (κ2) is 15.1. The zero-order valence-electron chi connectivity index (χ0n) is 27.3. The summed E-state index contributed by atoms with van der Waals surface area (Å²) in [5.74, 6) is 0.559. The summed E-state index contributed by atoms with van der Waals surface area (Å²) in [6, 6.07) is 13.1. The topological polar surface area (TPSA) is 181 Å². The molecule has 2 fully saturated rings. The molecule has 0 radical (unpaired) electrons. The summed E-state index contributed by atoms with van der Waals surface area (Å²) < 4.78 is 51.7. The van der Waals surface area contributed by atoms with E-state index in [4.69, 9.17) is 42.6 Å². The van der Waals surface area contributed by atoms with Gasteiger partial charge in [0, 0.05) is 12.2 Å². The van der Waals surface area contributed by atoms with Crippen LogP contribution in [-0.2, 0) is 25.4 Å². The first-order valence-corrected chi connectivity index (χ1v) is 15.8. The number of hydrogen-bond acceptors (Lipinski definition) is 14. The predicted molar refractivity (Wildman–Crippen MR) is 169 cm³/mol. The van der Waals surface area contributed by atoms with Crippen molar-refractivity contribution in [3.63, 3.8) is 0 Å². The minimum absolute atomic E-state index is 0.0618. The van der Waals surface area contributed by atoms with Crippen molar-refractivity contribution in [1.29, 1.82) is 0 Å². The number of aliphatic hydroxyl groups is 3. The Morgan fingerprint density at radius 3 is 2.41 bits per heavy atom. The summed E-state index contributed by atoms with van der Waals surface area (Å²) in [6.45, 7) is -0.470. The lowest BCUT2D eigenvalue weighted by molar-refractivity contribution is -0.254. The van der Waals surface area contributed by atoms with E-state index in [0.29, 0.717) is 35.7 Å². The van der Waals surface area contributed by atoms with Crippen molar-refractivity contribution in [1.82, 2.24) is 0 Å². The molecule has 2 saturated heterocycles. The van der Waals surface area contributed by atoms with Crippen LogP contribution in [0.3, 0.4) is 0 Å². The average molecular weight is 685 g/mol. The predicted octanol–water partition coefficient (Wildman–Crippen LogP) is 2.62. The van der Waals surface area contributed by atoms with Crippen molar-refractivity contribution in [2.24, 2.45) is 0 Å². The number of esters is 1. The molecule has 49 heavy (non-hydrogen) atoms. The first kappa shape index (κ1) is 34.5. The van der Waals surface area contributed by atoms with Crippen LogP contribution in [0.5, 0.6) is 34.5 Å². The fourth-order valence-electron chi connectivity index (χ4n) is 6.37. The molecule has 7 unspecified atom stereocenters. The van der Waals surface area contributed by atoms with Gasteiger partial charge >= 0.3 is 5.97 Å². The number of phenolic OH excluding ortho intramolecular Hbond substituents is 1. The van der Waals surface area contributed by atoms with Gasteiger partial charge in [0.2, 0.25) is 6.29 Å². The molecular weight excluding hydrogens is 644 g/mol. The first-order valence-electron chi connectivity index (χ1n) is 15.8. The maximum atomic E-state index is 12.8. The lowest BCUT2D eigenvalue weighted by Gasteiger charge is -2.39. The van der Waals surface area contributed by atoms with Crippen LogP contribution in [0.15, 0.2) is 48.5 Å². The molecule has 0 spiro atoms. The standard InChI is InChI=1S/C35H40O14/c1-41-25-14-20(6-8-23(25)38)34(40)44-16-28-32-33(46-17-45-32)29(39)35(48-28)47-24-9-7-19(13-26(24)42-2)30-22(15-37)21-11-18(5-4-10-36)12-27(43-3)31(21)49-30/h6-9,11-14,22,28-30,32-33,35-39H,4-5,10,15-17H2,1-3H3. The lowest BCUT2D eigenvalue weighted by atomic mass is 9.90. The lowest BCUT2D eigenvalue weighted by Crippen LogP contribution is -2.59. The Kier molecular flexibility index (Phi) is 10.6. The van der Waals surface area contributed by atoms with E-state index in [-0.39, 0.29) is 49.4 Å². The average Bonchev–Trinajstić information content (AvgIpc) is 3.77. The monoisotopic (exact) mass is 684 g/mol. The molecule has 3 aromatic carbocycles. The Balaban J connectivity index is 1.18. The Labute approximate surface area is 282 Å². The molecule has 14 nitrogen and oxygen atoms in total. The smallest absolute Gasteiger partial charge is 0.338 e. The van der Waals surface area contributed by atoms with Crippen LogP contribution in [0.25, 0.3) is 0 Å². The highest BCUT2D eigenvalue weighted by molar-refractivity contribution is 5.90. The van der Waals surface area contributed by atoms with Crippen LogP contribution in [0.1, 0.15) is 45.5 Å². The maximum Gasteiger partial charge on any atom is 0.338 e. The molecule has 0 amide bonds. The molecule has 4 N–H and O–H groups in total. The van der Waals surface area contributed by atoms with Crippen LogP contribution < -0.4 is 23.7 Å². The maximum absolute atomic E-state index is 12.8. The highest BCUT2D eigenvalue weighted by Crippen LogP contribution is 2.51. The number of aliphatic hydroxyl groups excluding tert-OH is 3. The van der Waals surface area contributed by atoms with Crippen molar-refractivity contribution >= 4 is 5.97 Å². The second-order valence-electron chi connectivity index (χ2n) is 11.8. The number of carbonyl (C=O) groups excluding carboxylic acids is 1. The van der Waals surface area contributed by atoms with Gasteiger partial charge in [0.25, 0.3) is 0 Å². The molecule has 264 valence electrons. The van der Waals surface area contributed by atoms with E-state index in [1.807, 2.05) is 12.1 Å².